The molecule has 2 aromatic carbocycles. The average molecular weight is 378 g/mol. The van der Waals surface area contributed by atoms with Crippen LogP contribution in [-0.2, 0) is 10.6 Å². The van der Waals surface area contributed by atoms with E-state index in [1.54, 1.807) is 30.3 Å². The number of carbonyl (C=O) groups is 2. The minimum Gasteiger partial charge on any atom is -0.497 e. The van der Waals surface area contributed by atoms with Crippen molar-refractivity contribution in [3.05, 3.63) is 59.2 Å². The van der Waals surface area contributed by atoms with Gasteiger partial charge in [0.15, 0.2) is 0 Å². The van der Waals surface area contributed by atoms with E-state index in [1.807, 2.05) is 6.07 Å². The van der Waals surface area contributed by atoms with Crippen molar-refractivity contribution in [2.75, 3.05) is 27.4 Å². The Kier molecular flexibility index (Phi) is 7.29. The fraction of sp³-hybridized carbons (Fsp3) is 0.263. The number of benzene rings is 2. The normalized spacial score (nSPS) is 10.1. The van der Waals surface area contributed by atoms with Gasteiger partial charge in [-0.05, 0) is 35.9 Å². The highest BCUT2D eigenvalue weighted by molar-refractivity contribution is 6.17. The summed E-state index contributed by atoms with van der Waals surface area (Å²) < 4.78 is 15.4. The van der Waals surface area contributed by atoms with Crippen molar-refractivity contribution >= 4 is 23.5 Å². The molecule has 0 spiro atoms. The van der Waals surface area contributed by atoms with Crippen molar-refractivity contribution in [3.8, 4) is 11.5 Å². The molecule has 2 rings (SSSR count). The fourth-order valence-corrected chi connectivity index (χ4v) is 2.42. The molecule has 0 unspecified atom stereocenters. The van der Waals surface area contributed by atoms with Gasteiger partial charge < -0.3 is 19.5 Å². The Morgan fingerprint density at radius 1 is 1.12 bits per heavy atom. The molecule has 138 valence electrons. The number of hydrogen-bond acceptors (Lipinski definition) is 5. The number of rotatable bonds is 8. The highest BCUT2D eigenvalue weighted by Crippen LogP contribution is 2.24. The zero-order valence-corrected chi connectivity index (χ0v) is 15.3. The van der Waals surface area contributed by atoms with E-state index in [4.69, 9.17) is 25.8 Å². The second kappa shape index (κ2) is 9.68. The minimum atomic E-state index is -0.527. The van der Waals surface area contributed by atoms with Crippen LogP contribution in [0.3, 0.4) is 0 Å². The summed E-state index contributed by atoms with van der Waals surface area (Å²) in [5.74, 6) is 0.475. The van der Waals surface area contributed by atoms with E-state index in [-0.39, 0.29) is 24.6 Å². The smallest absolute Gasteiger partial charge is 0.341 e. The van der Waals surface area contributed by atoms with Crippen LogP contribution in [0.5, 0.6) is 11.5 Å². The van der Waals surface area contributed by atoms with Gasteiger partial charge in [0.2, 0.25) is 0 Å². The van der Waals surface area contributed by atoms with E-state index in [1.165, 1.54) is 20.3 Å². The molecule has 6 nitrogen and oxygen atoms in total. The molecular weight excluding hydrogens is 358 g/mol. The van der Waals surface area contributed by atoms with Crippen molar-refractivity contribution in [1.82, 2.24) is 5.32 Å². The van der Waals surface area contributed by atoms with Crippen LogP contribution in [0.4, 0.5) is 0 Å². The number of amides is 1. The second-order valence-electron chi connectivity index (χ2n) is 5.29. The Balaban J connectivity index is 1.93. The van der Waals surface area contributed by atoms with E-state index in [9.17, 15) is 9.59 Å². The molecule has 0 heterocycles. The molecule has 0 atom stereocenters. The lowest BCUT2D eigenvalue weighted by Gasteiger charge is -2.12. The molecule has 0 saturated heterocycles. The number of carbonyl (C=O) groups excluding carboxylic acids is 2. The monoisotopic (exact) mass is 377 g/mol. The molecule has 0 aromatic heterocycles. The maximum Gasteiger partial charge on any atom is 0.341 e. The molecule has 0 fully saturated rings. The highest BCUT2D eigenvalue weighted by atomic mass is 35.5. The van der Waals surface area contributed by atoms with Crippen molar-refractivity contribution < 1.29 is 23.8 Å². The minimum absolute atomic E-state index is 0.192. The molecule has 0 aliphatic carbocycles. The third-order valence-electron chi connectivity index (χ3n) is 3.58. The summed E-state index contributed by atoms with van der Waals surface area (Å²) >= 11 is 5.77. The van der Waals surface area contributed by atoms with Gasteiger partial charge in [0.1, 0.15) is 23.7 Å². The molecule has 0 aliphatic rings. The van der Waals surface area contributed by atoms with Gasteiger partial charge in [-0.1, -0.05) is 12.1 Å². The number of ether oxygens (including phenoxy) is 3. The molecule has 0 radical (unpaired) electrons. The van der Waals surface area contributed by atoms with E-state index in [2.05, 4.69) is 5.32 Å². The predicted molar refractivity (Wildman–Crippen MR) is 98.2 cm³/mol. The molecule has 2 aromatic rings. The maximum absolute atomic E-state index is 12.1. The van der Waals surface area contributed by atoms with Crippen LogP contribution in [0.1, 0.15) is 26.3 Å². The zero-order chi connectivity index (χ0) is 18.9. The van der Waals surface area contributed by atoms with Gasteiger partial charge >= 0.3 is 5.97 Å². The van der Waals surface area contributed by atoms with Crippen LogP contribution < -0.4 is 14.8 Å². The molecular formula is C19H20ClNO5. The van der Waals surface area contributed by atoms with Crippen LogP contribution in [0.15, 0.2) is 42.5 Å². The largest absolute Gasteiger partial charge is 0.497 e. The second-order valence-corrected chi connectivity index (χ2v) is 5.56. The summed E-state index contributed by atoms with van der Waals surface area (Å²) in [5, 5.41) is 2.76. The number of halogens is 1. The standard InChI is InChI=1S/C19H20ClNO5/c1-24-15-6-7-17(16(11-15)19(23)25-2)26-9-8-21-18(22)14-5-3-4-13(10-14)12-20/h3-7,10-11H,8-9,12H2,1-2H3,(H,21,22). The third kappa shape index (κ3) is 5.13. The van der Waals surface area contributed by atoms with Crippen LogP contribution in [-0.4, -0.2) is 39.2 Å². The van der Waals surface area contributed by atoms with Crippen LogP contribution in [0.25, 0.3) is 0 Å². The van der Waals surface area contributed by atoms with Gasteiger partial charge in [0, 0.05) is 11.4 Å². The van der Waals surface area contributed by atoms with Gasteiger partial charge in [0.05, 0.1) is 20.8 Å². The first-order valence-electron chi connectivity index (χ1n) is 7.91. The predicted octanol–water partition coefficient (Wildman–Crippen LogP) is 3.03. The van der Waals surface area contributed by atoms with Gasteiger partial charge in [-0.2, -0.15) is 0 Å². The maximum atomic E-state index is 12.1. The van der Waals surface area contributed by atoms with Gasteiger partial charge in [-0.3, -0.25) is 4.79 Å². The number of hydrogen-bond donors (Lipinski definition) is 1. The Bertz CT molecular complexity index is 778. The van der Waals surface area contributed by atoms with E-state index in [0.29, 0.717) is 22.9 Å². The quantitative estimate of drug-likeness (QED) is 0.435. The van der Waals surface area contributed by atoms with E-state index < -0.39 is 5.97 Å². The zero-order valence-electron chi connectivity index (χ0n) is 14.6. The summed E-state index contributed by atoms with van der Waals surface area (Å²) in [5.41, 5.74) is 1.66. The molecule has 1 N–H and O–H groups in total. The first-order chi connectivity index (χ1) is 12.6. The summed E-state index contributed by atoms with van der Waals surface area (Å²) in [6, 6.07) is 11.9. The number of alkyl halides is 1. The number of nitrogens with one attached hydrogen (secondary N) is 1. The van der Waals surface area contributed by atoms with E-state index in [0.717, 1.165) is 5.56 Å². The molecule has 0 saturated carbocycles. The SMILES string of the molecule is COC(=O)c1cc(OC)ccc1OCCNC(=O)c1cccc(CCl)c1. The van der Waals surface area contributed by atoms with Crippen molar-refractivity contribution in [2.24, 2.45) is 0 Å². The van der Waals surface area contributed by atoms with Crippen molar-refractivity contribution in [1.29, 1.82) is 0 Å². The summed E-state index contributed by atoms with van der Waals surface area (Å²) in [4.78, 5) is 24.0. The lowest BCUT2D eigenvalue weighted by Crippen LogP contribution is -2.28. The lowest BCUT2D eigenvalue weighted by molar-refractivity contribution is 0.0595. The van der Waals surface area contributed by atoms with Crippen LogP contribution >= 0.6 is 11.6 Å². The van der Waals surface area contributed by atoms with Gasteiger partial charge in [-0.15, -0.1) is 11.6 Å². The summed E-state index contributed by atoms with van der Waals surface area (Å²) in [6.45, 7) is 0.466. The van der Waals surface area contributed by atoms with Crippen LogP contribution in [0, 0.1) is 0 Å². The Hall–Kier alpha value is -2.73. The van der Waals surface area contributed by atoms with Gasteiger partial charge in [-0.25, -0.2) is 4.79 Å². The Morgan fingerprint density at radius 2 is 1.92 bits per heavy atom. The molecule has 1 amide bonds. The first kappa shape index (κ1) is 19.6. The third-order valence-corrected chi connectivity index (χ3v) is 3.89. The first-order valence-corrected chi connectivity index (χ1v) is 8.44. The molecule has 0 aliphatic heterocycles. The molecule has 26 heavy (non-hydrogen) atoms. The van der Waals surface area contributed by atoms with Gasteiger partial charge in [0.25, 0.3) is 5.91 Å². The molecule has 0 bridgehead atoms. The highest BCUT2D eigenvalue weighted by Gasteiger charge is 2.14. The fourth-order valence-electron chi connectivity index (χ4n) is 2.25. The Morgan fingerprint density at radius 3 is 2.62 bits per heavy atom. The van der Waals surface area contributed by atoms with Crippen molar-refractivity contribution in [2.45, 2.75) is 5.88 Å². The van der Waals surface area contributed by atoms with Crippen LogP contribution in [0.2, 0.25) is 0 Å². The number of esters is 1. The molecule has 7 heteroatoms. The lowest BCUT2D eigenvalue weighted by atomic mass is 10.1. The van der Waals surface area contributed by atoms with Crippen molar-refractivity contribution in [3.63, 3.8) is 0 Å². The Labute approximate surface area is 157 Å². The summed E-state index contributed by atoms with van der Waals surface area (Å²) in [6.07, 6.45) is 0. The average Bonchev–Trinajstić information content (AvgIpc) is 2.70. The summed E-state index contributed by atoms with van der Waals surface area (Å²) in [7, 11) is 2.80. The number of methoxy groups -OCH3 is 2. The topological polar surface area (TPSA) is 73.9 Å². The van der Waals surface area contributed by atoms with E-state index >= 15 is 0 Å².